The fourth-order valence-corrected chi connectivity index (χ4v) is 2.96. The molecule has 0 saturated heterocycles. The van der Waals surface area contributed by atoms with Gasteiger partial charge in [-0.15, -0.1) is 10.2 Å². The van der Waals surface area contributed by atoms with E-state index in [4.69, 9.17) is 0 Å². The summed E-state index contributed by atoms with van der Waals surface area (Å²) in [4.78, 5) is 18.1. The lowest BCUT2D eigenvalue weighted by Crippen LogP contribution is -2.39. The predicted octanol–water partition coefficient (Wildman–Crippen LogP) is 2.64. The summed E-state index contributed by atoms with van der Waals surface area (Å²) in [5, 5.41) is 15.0. The van der Waals surface area contributed by atoms with E-state index in [0.717, 1.165) is 17.7 Å². The number of urea groups is 1. The zero-order chi connectivity index (χ0) is 20.1. The van der Waals surface area contributed by atoms with Crippen molar-refractivity contribution in [3.63, 3.8) is 0 Å². The number of amides is 2. The summed E-state index contributed by atoms with van der Waals surface area (Å²) in [6.07, 6.45) is 0. The van der Waals surface area contributed by atoms with Crippen molar-refractivity contribution in [3.8, 4) is 11.4 Å². The van der Waals surface area contributed by atoms with Crippen LogP contribution < -0.4 is 5.32 Å². The number of hydrogen-bond donors (Lipinski definition) is 1. The van der Waals surface area contributed by atoms with Gasteiger partial charge in [0.1, 0.15) is 0 Å². The van der Waals surface area contributed by atoms with Crippen LogP contribution in [0.5, 0.6) is 0 Å². The smallest absolute Gasteiger partial charge is 0.319 e. The van der Waals surface area contributed by atoms with Crippen molar-refractivity contribution in [2.45, 2.75) is 6.04 Å². The highest BCUT2D eigenvalue weighted by atomic mass is 16.2. The Morgan fingerprint density at radius 3 is 2.50 bits per heavy atom. The van der Waals surface area contributed by atoms with Gasteiger partial charge in [-0.1, -0.05) is 42.5 Å². The molecule has 28 heavy (non-hydrogen) atoms. The number of tetrazole rings is 1. The minimum Gasteiger partial charge on any atom is -0.319 e. The van der Waals surface area contributed by atoms with Gasteiger partial charge in [0.2, 0.25) is 5.82 Å². The summed E-state index contributed by atoms with van der Waals surface area (Å²) in [6.45, 7) is 0.720. The van der Waals surface area contributed by atoms with E-state index in [1.807, 2.05) is 75.7 Å². The monoisotopic (exact) mass is 379 g/mol. The Hall–Kier alpha value is -3.26. The van der Waals surface area contributed by atoms with Crippen molar-refractivity contribution in [1.82, 2.24) is 30.0 Å². The fourth-order valence-electron chi connectivity index (χ4n) is 2.96. The number of benzene rings is 2. The Bertz CT molecular complexity index is 923. The number of carbonyl (C=O) groups excluding carboxylic acids is 1. The lowest BCUT2D eigenvalue weighted by molar-refractivity contribution is 0.188. The zero-order valence-electron chi connectivity index (χ0n) is 16.6. The Morgan fingerprint density at radius 2 is 1.86 bits per heavy atom. The molecular formula is C20H25N7O. The Balaban J connectivity index is 1.77. The molecule has 0 aliphatic rings. The highest BCUT2D eigenvalue weighted by Gasteiger charge is 2.22. The van der Waals surface area contributed by atoms with Crippen LogP contribution in [0.15, 0.2) is 54.6 Å². The molecule has 0 radical (unpaired) electrons. The lowest BCUT2D eigenvalue weighted by atomic mass is 10.1. The molecule has 0 bridgehead atoms. The topological polar surface area (TPSA) is 79.2 Å². The van der Waals surface area contributed by atoms with Crippen molar-refractivity contribution >= 4 is 11.7 Å². The van der Waals surface area contributed by atoms with Crippen molar-refractivity contribution in [3.05, 3.63) is 60.2 Å². The Kier molecular flexibility index (Phi) is 6.00. The molecule has 1 atom stereocenters. The number of rotatable bonds is 6. The van der Waals surface area contributed by atoms with Crippen LogP contribution in [0.25, 0.3) is 11.4 Å². The van der Waals surface area contributed by atoms with Crippen LogP contribution in [0.2, 0.25) is 0 Å². The minimum atomic E-state index is -0.181. The Labute approximate surface area is 164 Å². The van der Waals surface area contributed by atoms with E-state index in [1.165, 1.54) is 4.80 Å². The average Bonchev–Trinajstić information content (AvgIpc) is 3.13. The zero-order valence-corrected chi connectivity index (χ0v) is 16.6. The number of nitrogens with zero attached hydrogens (tertiary/aromatic N) is 6. The molecule has 0 aliphatic heterocycles. The van der Waals surface area contributed by atoms with E-state index in [-0.39, 0.29) is 12.1 Å². The number of aryl methyl sites for hydroxylation is 1. The third kappa shape index (κ3) is 4.72. The summed E-state index contributed by atoms with van der Waals surface area (Å²) in [7, 11) is 7.52. The molecule has 0 saturated carbocycles. The average molecular weight is 379 g/mol. The molecule has 8 heteroatoms. The number of carbonyl (C=O) groups is 1. The summed E-state index contributed by atoms with van der Waals surface area (Å²) in [5.74, 6) is 0.515. The predicted molar refractivity (Wildman–Crippen MR) is 109 cm³/mol. The van der Waals surface area contributed by atoms with E-state index >= 15 is 0 Å². The molecule has 1 N–H and O–H groups in total. The second-order valence-corrected chi connectivity index (χ2v) is 6.91. The molecule has 2 aromatic carbocycles. The van der Waals surface area contributed by atoms with E-state index < -0.39 is 0 Å². The molecule has 1 aromatic heterocycles. The highest BCUT2D eigenvalue weighted by Crippen LogP contribution is 2.23. The van der Waals surface area contributed by atoms with Crippen LogP contribution in [0.3, 0.4) is 0 Å². The van der Waals surface area contributed by atoms with Gasteiger partial charge >= 0.3 is 6.03 Å². The molecule has 8 nitrogen and oxygen atoms in total. The number of anilines is 1. The highest BCUT2D eigenvalue weighted by molar-refractivity contribution is 5.90. The van der Waals surface area contributed by atoms with Crippen LogP contribution in [-0.4, -0.2) is 63.7 Å². The minimum absolute atomic E-state index is 0.0685. The maximum atomic E-state index is 12.9. The van der Waals surface area contributed by atoms with Gasteiger partial charge in [-0.3, -0.25) is 0 Å². The number of aromatic nitrogens is 4. The van der Waals surface area contributed by atoms with Gasteiger partial charge in [0.05, 0.1) is 13.1 Å². The van der Waals surface area contributed by atoms with Crippen LogP contribution in [-0.2, 0) is 7.05 Å². The van der Waals surface area contributed by atoms with Crippen LogP contribution >= 0.6 is 0 Å². The van der Waals surface area contributed by atoms with E-state index in [2.05, 4.69) is 25.6 Å². The molecule has 1 heterocycles. The van der Waals surface area contributed by atoms with Crippen LogP contribution in [0.1, 0.15) is 11.6 Å². The SMILES string of the molecule is CN(C)C[C@@H](c1ccccc1)N(C)C(=O)Nc1cccc(-c2nnn(C)n2)c1. The van der Waals surface area contributed by atoms with Crippen LogP contribution in [0.4, 0.5) is 10.5 Å². The first-order valence-electron chi connectivity index (χ1n) is 9.02. The van der Waals surface area contributed by atoms with E-state index in [9.17, 15) is 4.79 Å². The van der Waals surface area contributed by atoms with Crippen molar-refractivity contribution in [1.29, 1.82) is 0 Å². The van der Waals surface area contributed by atoms with E-state index in [0.29, 0.717) is 11.5 Å². The molecule has 0 spiro atoms. The number of hydrogen-bond acceptors (Lipinski definition) is 5. The van der Waals surface area contributed by atoms with Crippen molar-refractivity contribution in [2.24, 2.45) is 7.05 Å². The second-order valence-electron chi connectivity index (χ2n) is 6.91. The third-order valence-electron chi connectivity index (χ3n) is 4.39. The first-order chi connectivity index (χ1) is 13.4. The van der Waals surface area contributed by atoms with Gasteiger partial charge in [0, 0.05) is 24.8 Å². The second kappa shape index (κ2) is 8.62. The van der Waals surface area contributed by atoms with Gasteiger partial charge in [0.15, 0.2) is 0 Å². The lowest BCUT2D eigenvalue weighted by Gasteiger charge is -2.31. The third-order valence-corrected chi connectivity index (χ3v) is 4.39. The van der Waals surface area contributed by atoms with Gasteiger partial charge < -0.3 is 15.1 Å². The molecule has 0 unspecified atom stereocenters. The molecule has 3 aromatic rings. The summed E-state index contributed by atoms with van der Waals surface area (Å²) >= 11 is 0. The maximum Gasteiger partial charge on any atom is 0.322 e. The number of nitrogens with one attached hydrogen (secondary N) is 1. The standard InChI is InChI=1S/C20H25N7O/c1-25(2)14-18(15-9-6-5-7-10-15)26(3)20(28)21-17-12-8-11-16(13-17)19-22-24-27(4)23-19/h5-13,18H,14H2,1-4H3,(H,21,28)/t18-/m0/s1. The van der Waals surface area contributed by atoms with Gasteiger partial charge in [-0.25, -0.2) is 4.79 Å². The molecule has 0 fully saturated rings. The largest absolute Gasteiger partial charge is 0.322 e. The molecule has 2 amide bonds. The van der Waals surface area contributed by atoms with Gasteiger partial charge in [-0.05, 0) is 37.0 Å². The Morgan fingerprint density at radius 1 is 1.11 bits per heavy atom. The molecular weight excluding hydrogens is 354 g/mol. The summed E-state index contributed by atoms with van der Waals surface area (Å²) < 4.78 is 0. The molecule has 146 valence electrons. The maximum absolute atomic E-state index is 12.9. The van der Waals surface area contributed by atoms with Crippen molar-refractivity contribution < 1.29 is 4.79 Å². The fraction of sp³-hybridized carbons (Fsp3) is 0.300. The first-order valence-corrected chi connectivity index (χ1v) is 9.02. The summed E-state index contributed by atoms with van der Waals surface area (Å²) in [5.41, 5.74) is 2.56. The van der Waals surface area contributed by atoms with Gasteiger partial charge in [-0.2, -0.15) is 4.80 Å². The normalized spacial score (nSPS) is 12.0. The molecule has 3 rings (SSSR count). The van der Waals surface area contributed by atoms with Gasteiger partial charge in [0.25, 0.3) is 0 Å². The first kappa shape index (κ1) is 19.5. The molecule has 0 aliphatic carbocycles. The van der Waals surface area contributed by atoms with Crippen molar-refractivity contribution in [2.75, 3.05) is 33.0 Å². The summed E-state index contributed by atoms with van der Waals surface area (Å²) in [6, 6.07) is 17.2. The number of likely N-dealkylation sites (N-methyl/N-ethyl adjacent to an activating group) is 2. The van der Waals surface area contributed by atoms with Crippen LogP contribution in [0, 0.1) is 0 Å². The van der Waals surface area contributed by atoms with E-state index in [1.54, 1.807) is 11.9 Å². The quantitative estimate of drug-likeness (QED) is 0.712.